The second kappa shape index (κ2) is 7.35. The number of likely N-dealkylation sites (tertiary alicyclic amines) is 1. The topological polar surface area (TPSA) is 30.3 Å². The number of rotatable bonds is 6. The molecule has 0 amide bonds. The van der Waals surface area contributed by atoms with Crippen LogP contribution >= 0.6 is 0 Å². The van der Waals surface area contributed by atoms with E-state index in [1.54, 1.807) is 0 Å². The van der Waals surface area contributed by atoms with Gasteiger partial charge in [-0.1, -0.05) is 12.1 Å². The van der Waals surface area contributed by atoms with Crippen LogP contribution < -0.4 is 4.74 Å². The lowest BCUT2D eigenvalue weighted by molar-refractivity contribution is 0.0979. The van der Waals surface area contributed by atoms with E-state index >= 15 is 0 Å². The Balaban J connectivity index is 1.22. The fraction of sp³-hybridized carbons (Fsp3) is 0.435. The first-order valence-electron chi connectivity index (χ1n) is 10.2. The maximum absolute atomic E-state index is 6.45. The van der Waals surface area contributed by atoms with Crippen LogP contribution in [0.4, 0.5) is 0 Å². The Bertz CT molecular complexity index is 892. The Morgan fingerprint density at radius 2 is 1.89 bits per heavy atom. The molecule has 1 aliphatic carbocycles. The van der Waals surface area contributed by atoms with Gasteiger partial charge in [-0.15, -0.1) is 0 Å². The van der Waals surface area contributed by atoms with E-state index in [0.29, 0.717) is 6.10 Å². The van der Waals surface area contributed by atoms with Crippen LogP contribution in [0.25, 0.3) is 10.9 Å². The highest BCUT2D eigenvalue weighted by Crippen LogP contribution is 2.34. The Labute approximate surface area is 160 Å². The highest BCUT2D eigenvalue weighted by molar-refractivity contribution is 5.86. The maximum atomic E-state index is 6.45. The summed E-state index contributed by atoms with van der Waals surface area (Å²) in [5, 5.41) is 1.26. The van der Waals surface area contributed by atoms with Crippen molar-refractivity contribution in [3.8, 4) is 5.75 Å². The maximum Gasteiger partial charge on any atom is 0.129 e. The SMILES string of the molecule is c1cncc(CN2CCC(Oc3cccc4c3ccn4CC3CC3)CC2)c1. The molecule has 140 valence electrons. The van der Waals surface area contributed by atoms with Crippen molar-refractivity contribution in [2.24, 2.45) is 5.92 Å². The lowest BCUT2D eigenvalue weighted by Gasteiger charge is -2.32. The van der Waals surface area contributed by atoms with E-state index in [4.69, 9.17) is 4.74 Å². The molecule has 2 aliphatic rings. The minimum Gasteiger partial charge on any atom is -0.490 e. The van der Waals surface area contributed by atoms with Gasteiger partial charge in [0.1, 0.15) is 11.9 Å². The number of pyridine rings is 1. The van der Waals surface area contributed by atoms with E-state index in [9.17, 15) is 0 Å². The van der Waals surface area contributed by atoms with Gasteiger partial charge in [0.2, 0.25) is 0 Å². The summed E-state index contributed by atoms with van der Waals surface area (Å²) >= 11 is 0. The van der Waals surface area contributed by atoms with Crippen LogP contribution in [-0.4, -0.2) is 33.6 Å². The molecule has 4 heteroatoms. The predicted octanol–water partition coefficient (Wildman–Crippen LogP) is 4.49. The van der Waals surface area contributed by atoms with Gasteiger partial charge in [0.15, 0.2) is 0 Å². The van der Waals surface area contributed by atoms with Gasteiger partial charge in [-0.05, 0) is 61.4 Å². The highest BCUT2D eigenvalue weighted by Gasteiger charge is 2.24. The number of hydrogen-bond donors (Lipinski definition) is 0. The normalized spacial score (nSPS) is 18.8. The van der Waals surface area contributed by atoms with Crippen molar-refractivity contribution >= 4 is 10.9 Å². The Morgan fingerprint density at radius 1 is 1.00 bits per heavy atom. The Hall–Kier alpha value is -2.33. The molecule has 3 aromatic rings. The lowest BCUT2D eigenvalue weighted by atomic mass is 10.1. The van der Waals surface area contributed by atoms with Crippen molar-refractivity contribution in [3.05, 3.63) is 60.6 Å². The van der Waals surface area contributed by atoms with E-state index in [0.717, 1.165) is 50.7 Å². The fourth-order valence-corrected chi connectivity index (χ4v) is 4.15. The van der Waals surface area contributed by atoms with Crippen LogP contribution in [-0.2, 0) is 13.1 Å². The van der Waals surface area contributed by atoms with Gasteiger partial charge < -0.3 is 9.30 Å². The smallest absolute Gasteiger partial charge is 0.129 e. The zero-order chi connectivity index (χ0) is 18.1. The fourth-order valence-electron chi connectivity index (χ4n) is 4.15. The summed E-state index contributed by atoms with van der Waals surface area (Å²) in [6.45, 7) is 4.30. The average Bonchev–Trinajstić information content (AvgIpc) is 3.43. The van der Waals surface area contributed by atoms with Gasteiger partial charge >= 0.3 is 0 Å². The van der Waals surface area contributed by atoms with Gasteiger partial charge in [0.25, 0.3) is 0 Å². The minimum atomic E-state index is 0.313. The molecular formula is C23H27N3O. The molecule has 0 N–H and O–H groups in total. The Morgan fingerprint density at radius 3 is 2.67 bits per heavy atom. The van der Waals surface area contributed by atoms with Gasteiger partial charge in [-0.2, -0.15) is 0 Å². The Kier molecular flexibility index (Phi) is 4.58. The first kappa shape index (κ1) is 16.8. The molecule has 0 spiro atoms. The van der Waals surface area contributed by atoms with Crippen molar-refractivity contribution in [1.82, 2.24) is 14.5 Å². The summed E-state index contributed by atoms with van der Waals surface area (Å²) in [5.41, 5.74) is 2.60. The summed E-state index contributed by atoms with van der Waals surface area (Å²) in [6, 6.07) is 12.9. The lowest BCUT2D eigenvalue weighted by Crippen LogP contribution is -2.37. The second-order valence-electron chi connectivity index (χ2n) is 8.06. The molecule has 3 heterocycles. The number of piperidine rings is 1. The summed E-state index contributed by atoms with van der Waals surface area (Å²) in [4.78, 5) is 6.72. The van der Waals surface area contributed by atoms with Crippen LogP contribution in [0.1, 0.15) is 31.2 Å². The van der Waals surface area contributed by atoms with E-state index in [1.165, 1.54) is 29.3 Å². The largest absolute Gasteiger partial charge is 0.490 e. The summed E-state index contributed by atoms with van der Waals surface area (Å²) in [6.07, 6.45) is 11.3. The summed E-state index contributed by atoms with van der Waals surface area (Å²) in [7, 11) is 0. The van der Waals surface area contributed by atoms with Crippen molar-refractivity contribution in [2.45, 2.75) is 44.9 Å². The summed E-state index contributed by atoms with van der Waals surface area (Å²) in [5.74, 6) is 1.93. The van der Waals surface area contributed by atoms with Crippen LogP contribution in [0.2, 0.25) is 0 Å². The zero-order valence-electron chi connectivity index (χ0n) is 15.8. The average molecular weight is 361 g/mol. The third kappa shape index (κ3) is 3.86. The van der Waals surface area contributed by atoms with Crippen molar-refractivity contribution in [3.63, 3.8) is 0 Å². The van der Waals surface area contributed by atoms with Crippen LogP contribution in [0.5, 0.6) is 5.75 Å². The van der Waals surface area contributed by atoms with Gasteiger partial charge in [-0.3, -0.25) is 9.88 Å². The molecule has 0 bridgehead atoms. The molecule has 2 aromatic heterocycles. The summed E-state index contributed by atoms with van der Waals surface area (Å²) < 4.78 is 8.85. The van der Waals surface area contributed by atoms with Gasteiger partial charge in [0.05, 0.1) is 5.52 Å². The van der Waals surface area contributed by atoms with Crippen molar-refractivity contribution < 1.29 is 4.74 Å². The first-order chi connectivity index (χ1) is 13.3. The standard InChI is InChI=1S/C23H27N3O/c1-4-22-21(10-14-26(22)17-18-6-7-18)23(5-1)27-20-8-12-25(13-9-20)16-19-3-2-11-24-15-19/h1-5,10-11,14-15,18,20H,6-9,12-13,16-17H2. The van der Waals surface area contributed by atoms with Gasteiger partial charge in [-0.25, -0.2) is 0 Å². The van der Waals surface area contributed by atoms with Crippen LogP contribution in [0.3, 0.4) is 0 Å². The van der Waals surface area contributed by atoms with Crippen LogP contribution in [0.15, 0.2) is 55.0 Å². The molecule has 0 radical (unpaired) electrons. The molecule has 1 saturated carbocycles. The minimum absolute atomic E-state index is 0.313. The van der Waals surface area contributed by atoms with Crippen LogP contribution in [0, 0.1) is 5.92 Å². The number of ether oxygens (including phenoxy) is 1. The van der Waals surface area contributed by atoms with Crippen molar-refractivity contribution in [1.29, 1.82) is 0 Å². The first-order valence-corrected chi connectivity index (χ1v) is 10.2. The highest BCUT2D eigenvalue weighted by atomic mass is 16.5. The number of fused-ring (bicyclic) bond motifs is 1. The molecular weight excluding hydrogens is 334 g/mol. The molecule has 2 fully saturated rings. The number of benzene rings is 1. The van der Waals surface area contributed by atoms with E-state index in [2.05, 4.69) is 51.0 Å². The molecule has 1 aliphatic heterocycles. The number of nitrogens with zero attached hydrogens (tertiary/aromatic N) is 3. The predicted molar refractivity (Wildman–Crippen MR) is 108 cm³/mol. The van der Waals surface area contributed by atoms with Gasteiger partial charge in [0, 0.05) is 50.2 Å². The van der Waals surface area contributed by atoms with E-state index in [1.807, 2.05) is 18.5 Å². The molecule has 4 nitrogen and oxygen atoms in total. The zero-order valence-corrected chi connectivity index (χ0v) is 15.8. The second-order valence-corrected chi connectivity index (χ2v) is 8.06. The third-order valence-corrected chi connectivity index (χ3v) is 5.88. The van der Waals surface area contributed by atoms with Crippen molar-refractivity contribution in [2.75, 3.05) is 13.1 Å². The molecule has 5 rings (SSSR count). The molecule has 27 heavy (non-hydrogen) atoms. The number of hydrogen-bond acceptors (Lipinski definition) is 3. The molecule has 1 aromatic carbocycles. The molecule has 1 saturated heterocycles. The molecule has 0 atom stereocenters. The monoisotopic (exact) mass is 361 g/mol. The third-order valence-electron chi connectivity index (χ3n) is 5.88. The number of aromatic nitrogens is 2. The molecule has 0 unspecified atom stereocenters. The quantitative estimate of drug-likeness (QED) is 0.648. The van der Waals surface area contributed by atoms with E-state index in [-0.39, 0.29) is 0 Å². The van der Waals surface area contributed by atoms with E-state index < -0.39 is 0 Å².